The summed E-state index contributed by atoms with van der Waals surface area (Å²) in [6, 6.07) is 12.8. The maximum absolute atomic E-state index is 8.00. The van der Waals surface area contributed by atoms with Crippen LogP contribution in [0.2, 0.25) is 57.4 Å². The Morgan fingerprint density at radius 2 is 0.863 bits per heavy atom. The van der Waals surface area contributed by atoms with E-state index < -0.39 is 33.8 Å². The molecule has 286 valence electrons. The Morgan fingerprint density at radius 3 is 1.12 bits per heavy atom. The molecule has 0 heterocycles. The van der Waals surface area contributed by atoms with E-state index in [-0.39, 0.29) is 0 Å². The van der Waals surface area contributed by atoms with E-state index in [1.807, 2.05) is 6.08 Å². The molecule has 9 aliphatic carbocycles. The van der Waals surface area contributed by atoms with Crippen LogP contribution in [0.1, 0.15) is 105 Å². The van der Waals surface area contributed by atoms with Crippen LogP contribution in [0.4, 0.5) is 0 Å². The van der Waals surface area contributed by atoms with Crippen LogP contribution in [0.3, 0.4) is 0 Å². The molecule has 0 N–H and O–H groups in total. The lowest BCUT2D eigenvalue weighted by Gasteiger charge is -2.61. The summed E-state index contributed by atoms with van der Waals surface area (Å²) in [5.41, 5.74) is 2.62. The number of fused-ring (bicyclic) bond motifs is 6. The average molecular weight is 765 g/mol. The molecule has 1 aromatic carbocycles. The molecule has 3 nitrogen and oxygen atoms in total. The molecule has 0 aliphatic heterocycles. The van der Waals surface area contributed by atoms with Crippen LogP contribution in [-0.2, 0) is 12.3 Å². The van der Waals surface area contributed by atoms with Gasteiger partial charge in [0, 0.05) is 5.19 Å². The van der Waals surface area contributed by atoms with Gasteiger partial charge in [0.1, 0.15) is 0 Å². The van der Waals surface area contributed by atoms with Gasteiger partial charge in [0.2, 0.25) is 0 Å². The fourth-order valence-electron chi connectivity index (χ4n) is 13.8. The Hall–Kier alpha value is -0.292. The van der Waals surface area contributed by atoms with E-state index in [1.165, 1.54) is 81.1 Å². The molecule has 9 fully saturated rings. The van der Waals surface area contributed by atoms with Gasteiger partial charge < -0.3 is 12.3 Å². The van der Waals surface area contributed by atoms with Gasteiger partial charge in [-0.15, -0.1) is 0 Å². The zero-order chi connectivity index (χ0) is 37.0. The average Bonchev–Trinajstić information content (AvgIpc) is 3.03. The van der Waals surface area contributed by atoms with Crippen molar-refractivity contribution in [3.05, 3.63) is 36.4 Å². The largest absolute Gasteiger partial charge is 0.505 e. The third-order valence-electron chi connectivity index (χ3n) is 17.0. The van der Waals surface area contributed by atoms with Crippen molar-refractivity contribution >= 4 is 45.0 Å². The minimum atomic E-state index is -3.35. The van der Waals surface area contributed by atoms with Crippen molar-refractivity contribution in [1.82, 2.24) is 0 Å². The molecule has 0 saturated heterocycles. The second-order valence-corrected chi connectivity index (χ2v) is 38.6. The monoisotopic (exact) mass is 764 g/mol. The summed E-state index contributed by atoms with van der Waals surface area (Å²) in [4.78, 5) is 0. The van der Waals surface area contributed by atoms with Crippen molar-refractivity contribution in [2.75, 3.05) is 0 Å². The highest BCUT2D eigenvalue weighted by molar-refractivity contribution is 6.96. The summed E-state index contributed by atoms with van der Waals surface area (Å²) in [5.74, 6) is 7.62. The molecule has 0 amide bonds. The van der Waals surface area contributed by atoms with Crippen molar-refractivity contribution in [3.8, 4) is 0 Å². The van der Waals surface area contributed by atoms with Gasteiger partial charge in [0.05, 0.1) is 0 Å². The number of benzene rings is 1. The zero-order valence-corrected chi connectivity index (χ0v) is 39.0. The van der Waals surface area contributed by atoms with Gasteiger partial charge in [-0.05, 0) is 171 Å². The molecule has 0 spiro atoms. The van der Waals surface area contributed by atoms with E-state index in [2.05, 4.69) is 112 Å². The van der Waals surface area contributed by atoms with Crippen LogP contribution in [0.5, 0.6) is 0 Å². The summed E-state index contributed by atoms with van der Waals surface area (Å²) in [6.45, 7) is 34.6. The van der Waals surface area contributed by atoms with Crippen LogP contribution >= 0.6 is 0 Å². The maximum Gasteiger partial charge on any atom is 0.505 e. The summed E-state index contributed by atoms with van der Waals surface area (Å²) >= 11 is 0. The Labute approximate surface area is 318 Å². The molecule has 0 aromatic heterocycles. The minimum Gasteiger partial charge on any atom is -0.413 e. The molecule has 51 heavy (non-hydrogen) atoms. The van der Waals surface area contributed by atoms with Crippen molar-refractivity contribution in [3.63, 3.8) is 0 Å². The molecule has 0 radical (unpaired) electrons. The van der Waals surface area contributed by atoms with E-state index in [0.717, 1.165) is 58.8 Å². The van der Waals surface area contributed by atoms with Crippen LogP contribution in [-0.4, -0.2) is 33.8 Å². The lowest BCUT2D eigenvalue weighted by Crippen LogP contribution is -2.69. The number of hydrogen-bond acceptors (Lipinski definition) is 3. The summed E-state index contributed by atoms with van der Waals surface area (Å²) < 4.78 is 24.0. The highest BCUT2D eigenvalue weighted by Gasteiger charge is 2.61. The van der Waals surface area contributed by atoms with E-state index in [1.54, 1.807) is 0 Å². The molecular weight excluding hydrogens is 689 g/mol. The van der Waals surface area contributed by atoms with Gasteiger partial charge in [-0.3, -0.25) is 0 Å². The predicted octanol–water partition coefficient (Wildman–Crippen LogP) is 12.4. The molecule has 10 rings (SSSR count). The fourth-order valence-corrected chi connectivity index (χ4v) is 32.4. The first-order valence-corrected chi connectivity index (χ1v) is 32.5. The second-order valence-electron chi connectivity index (χ2n) is 22.7. The quantitative estimate of drug-likeness (QED) is 0.177. The highest BCUT2D eigenvalue weighted by Crippen LogP contribution is 2.65. The van der Waals surface area contributed by atoms with Crippen molar-refractivity contribution in [1.29, 1.82) is 0 Å². The fraction of sp³-hybridized carbons (Fsp3) is 0.818. The topological polar surface area (TPSA) is 27.7 Å². The first kappa shape index (κ1) is 39.0. The van der Waals surface area contributed by atoms with E-state index in [0.29, 0.717) is 16.2 Å². The lowest BCUT2D eigenvalue weighted by atomic mass is 9.46. The summed E-state index contributed by atoms with van der Waals surface area (Å²) in [5, 5.41) is 1.21. The van der Waals surface area contributed by atoms with Crippen LogP contribution in [0.15, 0.2) is 30.8 Å². The molecule has 7 heteroatoms. The summed E-state index contributed by atoms with van der Waals surface area (Å²) in [7, 11) is -10.1. The van der Waals surface area contributed by atoms with Gasteiger partial charge in [0.25, 0.3) is 0 Å². The second kappa shape index (κ2) is 13.1. The Kier molecular flexibility index (Phi) is 10.0. The smallest absolute Gasteiger partial charge is 0.413 e. The van der Waals surface area contributed by atoms with Gasteiger partial charge >= 0.3 is 8.80 Å². The van der Waals surface area contributed by atoms with Gasteiger partial charge in [0.15, 0.2) is 25.0 Å². The Bertz CT molecular complexity index is 1310. The van der Waals surface area contributed by atoms with E-state index >= 15 is 0 Å². The van der Waals surface area contributed by atoms with Crippen molar-refractivity contribution < 1.29 is 12.3 Å². The van der Waals surface area contributed by atoms with Gasteiger partial charge in [-0.1, -0.05) is 97.7 Å². The Morgan fingerprint density at radius 1 is 0.549 bits per heavy atom. The lowest BCUT2D eigenvalue weighted by molar-refractivity contribution is -0.0999. The number of hydrogen-bond donors (Lipinski definition) is 0. The van der Waals surface area contributed by atoms with Gasteiger partial charge in [-0.2, -0.15) is 0 Å². The third kappa shape index (κ3) is 7.16. The normalized spacial score (nSPS) is 37.3. The molecule has 1 aromatic rings. The highest BCUT2D eigenvalue weighted by atomic mass is 28.5. The van der Waals surface area contributed by atoms with Crippen LogP contribution in [0.25, 0.3) is 6.08 Å². The first-order valence-electron chi connectivity index (χ1n) is 21.4. The van der Waals surface area contributed by atoms with Crippen molar-refractivity contribution in [2.45, 2.75) is 157 Å². The molecule has 6 bridgehead atoms. The zero-order valence-electron chi connectivity index (χ0n) is 35.0. The predicted molar refractivity (Wildman–Crippen MR) is 226 cm³/mol. The van der Waals surface area contributed by atoms with E-state index in [9.17, 15) is 0 Å². The van der Waals surface area contributed by atoms with Crippen LogP contribution in [0, 0.1) is 69.5 Å². The number of rotatable bonds is 14. The third-order valence-corrected chi connectivity index (χ3v) is 32.4. The molecule has 9 aliphatic rings. The molecule has 9 unspecified atom stereocenters. The SMILES string of the molecule is C=Cc1ccc([Si](O[Si](C)(C)CC2CCC3CC2C3(C)C)(O[Si](C)(C)CC2CCC3CC2C3(C)C)O[Si](C)(C)CC2CCC3CC2C3(C)C)cc1. The van der Waals surface area contributed by atoms with Crippen molar-refractivity contribution in [2.24, 2.45) is 69.5 Å². The van der Waals surface area contributed by atoms with Crippen LogP contribution < -0.4 is 5.19 Å². The minimum absolute atomic E-state index is 0.488. The Balaban J connectivity index is 1.23. The van der Waals surface area contributed by atoms with Gasteiger partial charge in [-0.25, -0.2) is 0 Å². The first-order chi connectivity index (χ1) is 23.6. The standard InChI is InChI=1S/C44H76O3Si4/c1-14-31-15-23-38(24-16-31)51(45-48(8,9)28-32-17-20-35-25-39(32)42(35,2)3,46-49(10,11)29-33-18-21-36-26-40(33)43(36,4)5)47-50(12,13)30-34-19-22-37-27-41(34)44(37,6)7/h14-16,23-24,32-37,39-41H,1,17-22,25-30H2,2-13H3. The van der Waals surface area contributed by atoms with E-state index in [4.69, 9.17) is 12.3 Å². The molecule has 9 saturated carbocycles. The maximum atomic E-state index is 8.00. The molecular formula is C44H76O3Si4. The molecule has 9 atom stereocenters. The summed E-state index contributed by atoms with van der Waals surface area (Å²) in [6.07, 6.45) is 14.6.